The number of pyridine rings is 1. The zero-order chi connectivity index (χ0) is 13.2. The van der Waals surface area contributed by atoms with E-state index in [4.69, 9.17) is 0 Å². The monoisotopic (exact) mass is 251 g/mol. The van der Waals surface area contributed by atoms with Gasteiger partial charge in [0.25, 0.3) is 0 Å². The standard InChI is InChI=1S/C13H18FN3O/c1-13(2)5-3-6-16-11(13)12(18)17-10-4-7-15-8-9(10)14/h4,7-8,11,16H,3,5-6H2,1-2H3,(H,15,17,18). The van der Waals surface area contributed by atoms with Crippen LogP contribution in [0.25, 0.3) is 0 Å². The molecule has 1 aliphatic rings. The summed E-state index contributed by atoms with van der Waals surface area (Å²) < 4.78 is 13.4. The molecule has 2 N–H and O–H groups in total. The van der Waals surface area contributed by atoms with Gasteiger partial charge in [0.05, 0.1) is 17.9 Å². The Kier molecular flexibility index (Phi) is 3.61. The lowest BCUT2D eigenvalue weighted by molar-refractivity contribution is -0.121. The lowest BCUT2D eigenvalue weighted by Crippen LogP contribution is -2.53. The fraction of sp³-hybridized carbons (Fsp3) is 0.538. The minimum atomic E-state index is -0.514. The molecule has 1 fully saturated rings. The first kappa shape index (κ1) is 13.0. The average Bonchev–Trinajstić information content (AvgIpc) is 2.31. The molecule has 1 unspecified atom stereocenters. The molecule has 18 heavy (non-hydrogen) atoms. The van der Waals surface area contributed by atoms with Crippen molar-refractivity contribution in [3.8, 4) is 0 Å². The molecule has 2 heterocycles. The fourth-order valence-corrected chi connectivity index (χ4v) is 2.34. The molecule has 98 valence electrons. The van der Waals surface area contributed by atoms with E-state index in [9.17, 15) is 9.18 Å². The Labute approximate surface area is 106 Å². The Morgan fingerprint density at radius 1 is 1.61 bits per heavy atom. The molecule has 1 aromatic heterocycles. The van der Waals surface area contributed by atoms with E-state index in [0.717, 1.165) is 25.6 Å². The summed E-state index contributed by atoms with van der Waals surface area (Å²) in [5, 5.41) is 5.82. The Bertz CT molecular complexity index is 448. The van der Waals surface area contributed by atoms with E-state index in [-0.39, 0.29) is 23.1 Å². The van der Waals surface area contributed by atoms with Crippen LogP contribution in [0.1, 0.15) is 26.7 Å². The number of aromatic nitrogens is 1. The molecule has 1 amide bonds. The molecular weight excluding hydrogens is 233 g/mol. The lowest BCUT2D eigenvalue weighted by Gasteiger charge is -2.38. The molecule has 5 heteroatoms. The van der Waals surface area contributed by atoms with Crippen LogP contribution in [0.3, 0.4) is 0 Å². The Morgan fingerprint density at radius 3 is 3.06 bits per heavy atom. The van der Waals surface area contributed by atoms with Gasteiger partial charge in [-0.05, 0) is 30.9 Å². The van der Waals surface area contributed by atoms with Crippen molar-refractivity contribution in [2.24, 2.45) is 5.41 Å². The summed E-state index contributed by atoms with van der Waals surface area (Å²) in [6, 6.07) is 1.17. The van der Waals surface area contributed by atoms with E-state index < -0.39 is 5.82 Å². The van der Waals surface area contributed by atoms with Crippen molar-refractivity contribution in [2.45, 2.75) is 32.7 Å². The molecule has 0 spiro atoms. The number of nitrogens with one attached hydrogen (secondary N) is 2. The second kappa shape index (κ2) is 5.02. The minimum absolute atomic E-state index is 0.119. The molecule has 1 aromatic rings. The molecule has 0 radical (unpaired) electrons. The van der Waals surface area contributed by atoms with Crippen molar-refractivity contribution in [1.82, 2.24) is 10.3 Å². The van der Waals surface area contributed by atoms with Gasteiger partial charge < -0.3 is 10.6 Å². The van der Waals surface area contributed by atoms with Crippen molar-refractivity contribution in [1.29, 1.82) is 0 Å². The van der Waals surface area contributed by atoms with Crippen LogP contribution >= 0.6 is 0 Å². The molecule has 0 aliphatic carbocycles. The van der Waals surface area contributed by atoms with Gasteiger partial charge in [-0.1, -0.05) is 13.8 Å². The largest absolute Gasteiger partial charge is 0.322 e. The van der Waals surface area contributed by atoms with Crippen LogP contribution in [0, 0.1) is 11.2 Å². The number of nitrogens with zero attached hydrogens (tertiary/aromatic N) is 1. The average molecular weight is 251 g/mol. The summed E-state index contributed by atoms with van der Waals surface area (Å²) in [6.07, 6.45) is 4.59. The predicted molar refractivity (Wildman–Crippen MR) is 67.6 cm³/mol. The molecule has 0 aromatic carbocycles. The third kappa shape index (κ3) is 2.67. The van der Waals surface area contributed by atoms with Gasteiger partial charge in [-0.15, -0.1) is 0 Å². The molecule has 0 bridgehead atoms. The van der Waals surface area contributed by atoms with Crippen molar-refractivity contribution in [3.05, 3.63) is 24.3 Å². The van der Waals surface area contributed by atoms with Gasteiger partial charge in [-0.3, -0.25) is 9.78 Å². The Balaban J connectivity index is 2.10. The third-order valence-corrected chi connectivity index (χ3v) is 3.42. The predicted octanol–water partition coefficient (Wildman–Crippen LogP) is 1.94. The second-order valence-corrected chi connectivity index (χ2v) is 5.32. The zero-order valence-electron chi connectivity index (χ0n) is 10.7. The number of hydrogen-bond donors (Lipinski definition) is 2. The summed E-state index contributed by atoms with van der Waals surface area (Å²) in [5.41, 5.74) is 0.0597. The summed E-state index contributed by atoms with van der Waals surface area (Å²) in [6.45, 7) is 4.92. The number of anilines is 1. The third-order valence-electron chi connectivity index (χ3n) is 3.42. The van der Waals surface area contributed by atoms with Crippen LogP contribution in [0.4, 0.5) is 10.1 Å². The highest BCUT2D eigenvalue weighted by Gasteiger charge is 2.37. The van der Waals surface area contributed by atoms with Gasteiger partial charge in [0.2, 0.25) is 5.91 Å². The minimum Gasteiger partial charge on any atom is -0.322 e. The lowest BCUT2D eigenvalue weighted by atomic mass is 9.77. The van der Waals surface area contributed by atoms with Crippen LogP contribution in [0.5, 0.6) is 0 Å². The highest BCUT2D eigenvalue weighted by molar-refractivity contribution is 5.95. The Morgan fingerprint density at radius 2 is 2.39 bits per heavy atom. The first-order chi connectivity index (χ1) is 8.50. The number of carbonyl (C=O) groups is 1. The van der Waals surface area contributed by atoms with E-state index in [1.54, 1.807) is 0 Å². The first-order valence-electron chi connectivity index (χ1n) is 6.14. The van der Waals surface area contributed by atoms with Crippen molar-refractivity contribution < 1.29 is 9.18 Å². The van der Waals surface area contributed by atoms with Crippen LogP contribution in [-0.2, 0) is 4.79 Å². The van der Waals surface area contributed by atoms with Crippen LogP contribution in [-0.4, -0.2) is 23.5 Å². The summed E-state index contributed by atoms with van der Waals surface area (Å²) in [7, 11) is 0. The van der Waals surface area contributed by atoms with E-state index in [2.05, 4.69) is 15.6 Å². The van der Waals surface area contributed by atoms with Gasteiger partial charge in [0.1, 0.15) is 0 Å². The maximum atomic E-state index is 13.4. The van der Waals surface area contributed by atoms with Gasteiger partial charge >= 0.3 is 0 Å². The number of amides is 1. The summed E-state index contributed by atoms with van der Waals surface area (Å²) >= 11 is 0. The number of carbonyl (C=O) groups excluding carboxylic acids is 1. The summed E-state index contributed by atoms with van der Waals surface area (Å²) in [5.74, 6) is -0.704. The number of halogens is 1. The highest BCUT2D eigenvalue weighted by atomic mass is 19.1. The molecule has 2 rings (SSSR count). The van der Waals surface area contributed by atoms with Crippen molar-refractivity contribution in [2.75, 3.05) is 11.9 Å². The van der Waals surface area contributed by atoms with Gasteiger partial charge in [0, 0.05) is 6.20 Å². The van der Waals surface area contributed by atoms with Crippen molar-refractivity contribution in [3.63, 3.8) is 0 Å². The van der Waals surface area contributed by atoms with Crippen LogP contribution in [0.15, 0.2) is 18.5 Å². The molecule has 1 saturated heterocycles. The van der Waals surface area contributed by atoms with E-state index in [1.165, 1.54) is 12.3 Å². The van der Waals surface area contributed by atoms with Gasteiger partial charge in [0.15, 0.2) is 5.82 Å². The molecule has 1 aliphatic heterocycles. The maximum absolute atomic E-state index is 13.4. The SMILES string of the molecule is CC1(C)CCCNC1C(=O)Nc1ccncc1F. The highest BCUT2D eigenvalue weighted by Crippen LogP contribution is 2.30. The topological polar surface area (TPSA) is 54.0 Å². The second-order valence-electron chi connectivity index (χ2n) is 5.32. The number of rotatable bonds is 2. The number of hydrogen-bond acceptors (Lipinski definition) is 3. The molecule has 1 atom stereocenters. The number of piperidine rings is 1. The fourth-order valence-electron chi connectivity index (χ4n) is 2.34. The van der Waals surface area contributed by atoms with Gasteiger partial charge in [-0.2, -0.15) is 0 Å². The maximum Gasteiger partial charge on any atom is 0.242 e. The molecule has 0 saturated carbocycles. The first-order valence-corrected chi connectivity index (χ1v) is 6.14. The van der Waals surface area contributed by atoms with Crippen LogP contribution < -0.4 is 10.6 Å². The van der Waals surface area contributed by atoms with E-state index in [1.807, 2.05) is 13.8 Å². The van der Waals surface area contributed by atoms with Gasteiger partial charge in [-0.25, -0.2) is 4.39 Å². The quantitative estimate of drug-likeness (QED) is 0.844. The van der Waals surface area contributed by atoms with Crippen molar-refractivity contribution >= 4 is 11.6 Å². The Hall–Kier alpha value is -1.49. The zero-order valence-corrected chi connectivity index (χ0v) is 10.7. The summed E-state index contributed by atoms with van der Waals surface area (Å²) in [4.78, 5) is 15.8. The van der Waals surface area contributed by atoms with E-state index in [0.29, 0.717) is 0 Å². The van der Waals surface area contributed by atoms with Crippen LogP contribution in [0.2, 0.25) is 0 Å². The smallest absolute Gasteiger partial charge is 0.242 e. The molecule has 4 nitrogen and oxygen atoms in total. The van der Waals surface area contributed by atoms with E-state index >= 15 is 0 Å². The molecular formula is C13H18FN3O. The normalized spacial score (nSPS) is 22.5.